The SMILES string of the molecule is CCOC(=O)CCCCCNCc1ccccc1Cl. The first-order valence-electron chi connectivity index (χ1n) is 6.83. The summed E-state index contributed by atoms with van der Waals surface area (Å²) in [4.78, 5) is 11.1. The van der Waals surface area contributed by atoms with Gasteiger partial charge in [-0.05, 0) is 37.9 Å². The maximum Gasteiger partial charge on any atom is 0.305 e. The number of carbonyl (C=O) groups excluding carboxylic acids is 1. The molecule has 0 aromatic heterocycles. The lowest BCUT2D eigenvalue weighted by Gasteiger charge is -2.06. The molecular weight excluding hydrogens is 262 g/mol. The largest absolute Gasteiger partial charge is 0.466 e. The molecule has 0 heterocycles. The maximum absolute atomic E-state index is 11.1. The molecule has 0 bridgehead atoms. The number of nitrogens with one attached hydrogen (secondary N) is 1. The van der Waals surface area contributed by atoms with Gasteiger partial charge < -0.3 is 10.1 Å². The van der Waals surface area contributed by atoms with Gasteiger partial charge >= 0.3 is 5.97 Å². The van der Waals surface area contributed by atoms with Crippen LogP contribution in [0.3, 0.4) is 0 Å². The highest BCUT2D eigenvalue weighted by Crippen LogP contribution is 2.14. The third-order valence-electron chi connectivity index (χ3n) is 2.81. The van der Waals surface area contributed by atoms with Gasteiger partial charge in [-0.3, -0.25) is 4.79 Å². The van der Waals surface area contributed by atoms with Crippen molar-refractivity contribution < 1.29 is 9.53 Å². The van der Waals surface area contributed by atoms with E-state index in [-0.39, 0.29) is 5.97 Å². The van der Waals surface area contributed by atoms with Crippen LogP contribution in [0.1, 0.15) is 38.2 Å². The van der Waals surface area contributed by atoms with Crippen LogP contribution in [-0.2, 0) is 16.1 Å². The molecule has 1 aromatic rings. The molecule has 0 radical (unpaired) electrons. The van der Waals surface area contributed by atoms with E-state index in [9.17, 15) is 4.79 Å². The third-order valence-corrected chi connectivity index (χ3v) is 3.18. The predicted molar refractivity (Wildman–Crippen MR) is 78.3 cm³/mol. The first-order valence-corrected chi connectivity index (χ1v) is 7.21. The second kappa shape index (κ2) is 9.82. The molecule has 0 aliphatic heterocycles. The van der Waals surface area contributed by atoms with E-state index in [2.05, 4.69) is 5.32 Å². The summed E-state index contributed by atoms with van der Waals surface area (Å²) in [6.07, 6.45) is 3.52. The lowest BCUT2D eigenvalue weighted by molar-refractivity contribution is -0.143. The zero-order valence-electron chi connectivity index (χ0n) is 11.5. The summed E-state index contributed by atoms with van der Waals surface area (Å²) in [5.74, 6) is -0.0912. The van der Waals surface area contributed by atoms with Crippen molar-refractivity contribution in [1.82, 2.24) is 5.32 Å². The van der Waals surface area contributed by atoms with E-state index in [4.69, 9.17) is 16.3 Å². The van der Waals surface area contributed by atoms with Crippen molar-refractivity contribution in [2.24, 2.45) is 0 Å². The van der Waals surface area contributed by atoms with Gasteiger partial charge in [0.05, 0.1) is 6.61 Å². The molecule has 19 heavy (non-hydrogen) atoms. The van der Waals surface area contributed by atoms with E-state index in [1.165, 1.54) is 0 Å². The van der Waals surface area contributed by atoms with Crippen LogP contribution in [0.4, 0.5) is 0 Å². The highest BCUT2D eigenvalue weighted by atomic mass is 35.5. The van der Waals surface area contributed by atoms with Crippen LogP contribution in [0.25, 0.3) is 0 Å². The molecule has 106 valence electrons. The summed E-state index contributed by atoms with van der Waals surface area (Å²) in [5, 5.41) is 4.16. The second-order valence-corrected chi connectivity index (χ2v) is 4.79. The number of esters is 1. The smallest absolute Gasteiger partial charge is 0.305 e. The topological polar surface area (TPSA) is 38.3 Å². The molecule has 1 N–H and O–H groups in total. The molecule has 0 fully saturated rings. The molecule has 0 spiro atoms. The summed E-state index contributed by atoms with van der Waals surface area (Å²) in [6, 6.07) is 7.84. The Bertz CT molecular complexity index is 382. The van der Waals surface area contributed by atoms with Crippen molar-refractivity contribution in [3.8, 4) is 0 Å². The Morgan fingerprint density at radius 3 is 2.79 bits per heavy atom. The van der Waals surface area contributed by atoms with Gasteiger partial charge in [0.2, 0.25) is 0 Å². The molecule has 1 aromatic carbocycles. The first-order chi connectivity index (χ1) is 9.24. The normalized spacial score (nSPS) is 10.4. The van der Waals surface area contributed by atoms with Crippen molar-refractivity contribution >= 4 is 17.6 Å². The van der Waals surface area contributed by atoms with Crippen molar-refractivity contribution in [3.63, 3.8) is 0 Å². The van der Waals surface area contributed by atoms with Gasteiger partial charge in [-0.25, -0.2) is 0 Å². The number of carbonyl (C=O) groups is 1. The minimum absolute atomic E-state index is 0.0912. The second-order valence-electron chi connectivity index (χ2n) is 4.38. The molecule has 0 atom stereocenters. The zero-order chi connectivity index (χ0) is 13.9. The van der Waals surface area contributed by atoms with Gasteiger partial charge in [-0.1, -0.05) is 36.2 Å². The average Bonchev–Trinajstić information content (AvgIpc) is 2.40. The molecule has 0 saturated carbocycles. The number of rotatable bonds is 9. The molecule has 1 rings (SSSR count). The molecule has 0 amide bonds. The van der Waals surface area contributed by atoms with Crippen LogP contribution in [-0.4, -0.2) is 19.1 Å². The lowest BCUT2D eigenvalue weighted by atomic mass is 10.2. The summed E-state index contributed by atoms with van der Waals surface area (Å²) in [7, 11) is 0. The van der Waals surface area contributed by atoms with Gasteiger partial charge in [0, 0.05) is 18.0 Å². The highest BCUT2D eigenvalue weighted by Gasteiger charge is 2.01. The number of benzene rings is 1. The number of hydrogen-bond acceptors (Lipinski definition) is 3. The molecule has 0 aliphatic carbocycles. The Hall–Kier alpha value is -1.06. The fourth-order valence-electron chi connectivity index (χ4n) is 1.79. The summed E-state index contributed by atoms with van der Waals surface area (Å²) < 4.78 is 4.87. The monoisotopic (exact) mass is 283 g/mol. The predicted octanol–water partition coefficient (Wildman–Crippen LogP) is 3.55. The first kappa shape index (κ1) is 16.0. The van der Waals surface area contributed by atoms with Crippen molar-refractivity contribution in [2.45, 2.75) is 39.2 Å². The van der Waals surface area contributed by atoms with E-state index in [0.29, 0.717) is 13.0 Å². The fourth-order valence-corrected chi connectivity index (χ4v) is 2.00. The number of hydrogen-bond donors (Lipinski definition) is 1. The van der Waals surface area contributed by atoms with Gasteiger partial charge in [0.1, 0.15) is 0 Å². The lowest BCUT2D eigenvalue weighted by Crippen LogP contribution is -2.15. The van der Waals surface area contributed by atoms with Crippen molar-refractivity contribution in [1.29, 1.82) is 0 Å². The Kier molecular flexibility index (Phi) is 8.26. The van der Waals surface area contributed by atoms with Crippen LogP contribution in [0.5, 0.6) is 0 Å². The number of unbranched alkanes of at least 4 members (excludes halogenated alkanes) is 2. The van der Waals surface area contributed by atoms with E-state index in [0.717, 1.165) is 42.9 Å². The van der Waals surface area contributed by atoms with E-state index in [1.54, 1.807) is 0 Å². The van der Waals surface area contributed by atoms with Crippen LogP contribution < -0.4 is 5.32 Å². The quantitative estimate of drug-likeness (QED) is 0.556. The summed E-state index contributed by atoms with van der Waals surface area (Å²) in [6.45, 7) is 4.03. The van der Waals surface area contributed by atoms with Gasteiger partial charge in [-0.2, -0.15) is 0 Å². The molecule has 3 nitrogen and oxygen atoms in total. The zero-order valence-corrected chi connectivity index (χ0v) is 12.2. The highest BCUT2D eigenvalue weighted by molar-refractivity contribution is 6.31. The molecule has 0 aliphatic rings. The van der Waals surface area contributed by atoms with Gasteiger partial charge in [0.15, 0.2) is 0 Å². The standard InChI is InChI=1S/C15H22ClNO2/c1-2-19-15(18)10-4-3-7-11-17-12-13-8-5-6-9-14(13)16/h5-6,8-9,17H,2-4,7,10-12H2,1H3. The minimum Gasteiger partial charge on any atom is -0.466 e. The Morgan fingerprint density at radius 1 is 1.26 bits per heavy atom. The van der Waals surface area contributed by atoms with Crippen molar-refractivity contribution in [2.75, 3.05) is 13.2 Å². The molecular formula is C15H22ClNO2. The van der Waals surface area contributed by atoms with Crippen LogP contribution >= 0.6 is 11.6 Å². The van der Waals surface area contributed by atoms with Crippen LogP contribution in [0, 0.1) is 0 Å². The van der Waals surface area contributed by atoms with Crippen molar-refractivity contribution in [3.05, 3.63) is 34.9 Å². The Morgan fingerprint density at radius 2 is 2.05 bits per heavy atom. The van der Waals surface area contributed by atoms with E-state index < -0.39 is 0 Å². The third kappa shape index (κ3) is 7.19. The molecule has 0 unspecified atom stereocenters. The van der Waals surface area contributed by atoms with Crippen LogP contribution in [0.15, 0.2) is 24.3 Å². The molecule has 0 saturated heterocycles. The van der Waals surface area contributed by atoms with Gasteiger partial charge in [-0.15, -0.1) is 0 Å². The summed E-state index contributed by atoms with van der Waals surface area (Å²) in [5.41, 5.74) is 1.12. The molecule has 4 heteroatoms. The average molecular weight is 284 g/mol. The van der Waals surface area contributed by atoms with E-state index in [1.807, 2.05) is 31.2 Å². The number of halogens is 1. The van der Waals surface area contributed by atoms with Gasteiger partial charge in [0.25, 0.3) is 0 Å². The number of ether oxygens (including phenoxy) is 1. The fraction of sp³-hybridized carbons (Fsp3) is 0.533. The Balaban J connectivity index is 2.00. The minimum atomic E-state index is -0.0912. The van der Waals surface area contributed by atoms with Crippen LogP contribution in [0.2, 0.25) is 5.02 Å². The summed E-state index contributed by atoms with van der Waals surface area (Å²) >= 11 is 6.06. The Labute approximate surface area is 120 Å². The maximum atomic E-state index is 11.1. The van der Waals surface area contributed by atoms with E-state index >= 15 is 0 Å².